The number of hydrogen-bond donors (Lipinski definition) is 0. The summed E-state index contributed by atoms with van der Waals surface area (Å²) in [5.41, 5.74) is 0. The van der Waals surface area contributed by atoms with Crippen LogP contribution in [0.5, 0.6) is 0 Å². The zero-order valence-electron chi connectivity index (χ0n) is 6.13. The zero-order chi connectivity index (χ0) is 7.40. The van der Waals surface area contributed by atoms with Crippen LogP contribution in [0.15, 0.2) is 24.3 Å². The van der Waals surface area contributed by atoms with Crippen molar-refractivity contribution in [1.82, 2.24) is 0 Å². The molecule has 0 aliphatic heterocycles. The SMILES string of the molecule is [Na][Te]c1ccccc1[Te][Na]. The Balaban J connectivity index is 2.96. The summed E-state index contributed by atoms with van der Waals surface area (Å²) in [6.45, 7) is 0. The van der Waals surface area contributed by atoms with Gasteiger partial charge in [-0.25, -0.2) is 0 Å². The third kappa shape index (κ3) is 3.27. The van der Waals surface area contributed by atoms with Gasteiger partial charge in [-0.2, -0.15) is 0 Å². The average Bonchev–Trinajstić information content (AvgIpc) is 2.04. The van der Waals surface area contributed by atoms with Crippen molar-refractivity contribution in [3.05, 3.63) is 24.3 Å². The van der Waals surface area contributed by atoms with Gasteiger partial charge in [0.05, 0.1) is 0 Å². The maximum absolute atomic E-state index is 2.35. The first kappa shape index (κ1) is 10.9. The molecule has 0 aliphatic rings. The summed E-state index contributed by atoms with van der Waals surface area (Å²) in [5, 5.41) is 0. The molecule has 0 heterocycles. The molecule has 0 aromatic heterocycles. The third-order valence-corrected chi connectivity index (χ3v) is 13.0. The van der Waals surface area contributed by atoms with Gasteiger partial charge in [-0.3, -0.25) is 0 Å². The minimum atomic E-state index is 0.316. The standard InChI is InChI=1S/C6H6Te2.2Na/c7-5-3-1-2-4-6(5)8;;/h1-4,7-8H;;/q;2*+1/p-2. The summed E-state index contributed by atoms with van der Waals surface area (Å²) < 4.78 is 3.55. The van der Waals surface area contributed by atoms with Crippen LogP contribution in [0.4, 0.5) is 0 Å². The van der Waals surface area contributed by atoms with E-state index < -0.39 is 0 Å². The Morgan fingerprint density at radius 1 is 0.900 bits per heavy atom. The molecule has 1 aromatic carbocycles. The Hall–Kier alpha value is 2.80. The van der Waals surface area contributed by atoms with Crippen molar-refractivity contribution in [1.29, 1.82) is 0 Å². The van der Waals surface area contributed by atoms with Gasteiger partial charge >= 0.3 is 110 Å². The van der Waals surface area contributed by atoms with Gasteiger partial charge in [0, 0.05) is 0 Å². The Kier molecular flexibility index (Phi) is 6.83. The Morgan fingerprint density at radius 3 is 1.60 bits per heavy atom. The fourth-order valence-corrected chi connectivity index (χ4v) is 17.6. The molecule has 0 aliphatic carbocycles. The Morgan fingerprint density at radius 2 is 1.30 bits per heavy atom. The average molecular weight is 377 g/mol. The van der Waals surface area contributed by atoms with Crippen LogP contribution in [0.25, 0.3) is 0 Å². The molecule has 1 aromatic rings. The van der Waals surface area contributed by atoms with Crippen LogP contribution >= 0.6 is 0 Å². The van der Waals surface area contributed by atoms with E-state index in [1.165, 1.54) is 47.0 Å². The van der Waals surface area contributed by atoms with Gasteiger partial charge in [0.25, 0.3) is 0 Å². The molecule has 0 unspecified atom stereocenters. The second-order valence-corrected chi connectivity index (χ2v) is 12.2. The molecule has 0 saturated heterocycles. The first-order chi connectivity index (χ1) is 4.88. The van der Waals surface area contributed by atoms with E-state index in [4.69, 9.17) is 0 Å². The van der Waals surface area contributed by atoms with E-state index >= 15 is 0 Å². The monoisotopic (exact) mass is 382 g/mol. The van der Waals surface area contributed by atoms with Crippen molar-refractivity contribution in [3.8, 4) is 0 Å². The topological polar surface area (TPSA) is 0 Å². The van der Waals surface area contributed by atoms with Crippen LogP contribution in [0.3, 0.4) is 0 Å². The fourth-order valence-electron chi connectivity index (χ4n) is 0.787. The number of rotatable bonds is 2. The Labute approximate surface area is 107 Å². The third-order valence-electron chi connectivity index (χ3n) is 1.29. The van der Waals surface area contributed by atoms with E-state index in [2.05, 4.69) is 24.3 Å². The van der Waals surface area contributed by atoms with E-state index in [9.17, 15) is 0 Å². The summed E-state index contributed by atoms with van der Waals surface area (Å²) in [6, 6.07) is 9.11. The minimum absolute atomic E-state index is 0.316. The van der Waals surface area contributed by atoms with Crippen molar-refractivity contribution in [3.63, 3.8) is 0 Å². The second-order valence-electron chi connectivity index (χ2n) is 1.85. The molecule has 4 heteroatoms. The van der Waals surface area contributed by atoms with Crippen molar-refractivity contribution in [2.45, 2.75) is 0 Å². The fraction of sp³-hybridized carbons (Fsp3) is 0. The van der Waals surface area contributed by atoms with E-state index in [1.54, 1.807) is 7.22 Å². The summed E-state index contributed by atoms with van der Waals surface area (Å²) in [6.07, 6.45) is 0. The molecular formula is C6H4Na2Te2. The van der Waals surface area contributed by atoms with E-state index in [0.717, 1.165) is 0 Å². The van der Waals surface area contributed by atoms with Crippen molar-refractivity contribution in [2.24, 2.45) is 0 Å². The predicted octanol–water partition coefficient (Wildman–Crippen LogP) is -1.49. The van der Waals surface area contributed by atoms with Gasteiger partial charge in [-0.15, -0.1) is 0 Å². The van der Waals surface area contributed by atoms with Crippen molar-refractivity contribution < 1.29 is 0 Å². The molecule has 10 heavy (non-hydrogen) atoms. The molecule has 0 fully saturated rings. The molecule has 0 bridgehead atoms. The van der Waals surface area contributed by atoms with Crippen LogP contribution in [-0.2, 0) is 0 Å². The quantitative estimate of drug-likeness (QED) is 0.552. The van der Waals surface area contributed by atoms with Gasteiger partial charge in [-0.05, 0) is 0 Å². The molecule has 0 amide bonds. The molecule has 0 nitrogen and oxygen atoms in total. The molecule has 42 valence electrons. The number of benzene rings is 1. The summed E-state index contributed by atoms with van der Waals surface area (Å²) >= 11 is 3.52. The van der Waals surface area contributed by atoms with Gasteiger partial charge in [-0.1, -0.05) is 0 Å². The van der Waals surface area contributed by atoms with Crippen LogP contribution in [0.2, 0.25) is 0 Å². The van der Waals surface area contributed by atoms with Crippen LogP contribution in [0.1, 0.15) is 0 Å². The molecule has 0 radical (unpaired) electrons. The predicted molar refractivity (Wildman–Crippen MR) is 48.7 cm³/mol. The zero-order valence-corrected chi connectivity index (χ0v) is 14.8. The van der Waals surface area contributed by atoms with Crippen LogP contribution in [-0.4, -0.2) is 78.1 Å². The van der Waals surface area contributed by atoms with Crippen molar-refractivity contribution >= 4 is 85.4 Å². The van der Waals surface area contributed by atoms with Gasteiger partial charge in [0.1, 0.15) is 0 Å². The van der Waals surface area contributed by atoms with Gasteiger partial charge < -0.3 is 0 Å². The maximum atomic E-state index is 2.35. The van der Waals surface area contributed by atoms with E-state index in [0.29, 0.717) is 31.1 Å². The molecular weight excluding hydrogens is 373 g/mol. The molecule has 0 N–H and O–H groups in total. The summed E-state index contributed by atoms with van der Waals surface area (Å²) in [4.78, 5) is 0. The van der Waals surface area contributed by atoms with Crippen molar-refractivity contribution in [2.75, 3.05) is 0 Å². The van der Waals surface area contributed by atoms with Gasteiger partial charge in [0.2, 0.25) is 0 Å². The summed E-state index contributed by atoms with van der Waals surface area (Å²) in [7, 11) is 0. The molecule has 0 saturated carbocycles. The first-order valence-electron chi connectivity index (χ1n) is 3.05. The van der Waals surface area contributed by atoms with Gasteiger partial charge in [0.15, 0.2) is 0 Å². The molecule has 1 rings (SSSR count). The van der Waals surface area contributed by atoms with E-state index in [-0.39, 0.29) is 0 Å². The first-order valence-corrected chi connectivity index (χ1v) is 21.0. The Bertz CT molecular complexity index is 192. The second kappa shape index (κ2) is 6.28. The van der Waals surface area contributed by atoms with Crippen LogP contribution < -0.4 is 7.22 Å². The normalized spacial score (nSPS) is 10.0. The summed E-state index contributed by atoms with van der Waals surface area (Å²) in [5.74, 6) is 0. The molecule has 0 atom stereocenters. The van der Waals surface area contributed by atoms with E-state index in [1.807, 2.05) is 0 Å². The van der Waals surface area contributed by atoms with Crippen LogP contribution in [0, 0.1) is 0 Å². The number of hydrogen-bond acceptors (Lipinski definition) is 0. The molecule has 0 spiro atoms.